The van der Waals surface area contributed by atoms with Gasteiger partial charge in [-0.2, -0.15) is 0 Å². The maximum atomic E-state index is 10.9. The van der Waals surface area contributed by atoms with E-state index in [9.17, 15) is 5.11 Å². The van der Waals surface area contributed by atoms with Crippen LogP contribution >= 0.6 is 0 Å². The molecule has 106 valence electrons. The fourth-order valence-corrected chi connectivity index (χ4v) is 3.14. The summed E-state index contributed by atoms with van der Waals surface area (Å²) in [4.78, 5) is 4.28. The Morgan fingerprint density at radius 2 is 1.62 bits per heavy atom. The molecule has 0 fully saturated rings. The second kappa shape index (κ2) is 5.30. The molecule has 0 spiro atoms. The number of fused-ring (bicyclic) bond motifs is 1. The molecule has 0 bridgehead atoms. The highest BCUT2D eigenvalue weighted by molar-refractivity contribution is 5.85. The Bertz CT molecular complexity index is 779. The Labute approximate surface area is 125 Å². The summed E-state index contributed by atoms with van der Waals surface area (Å²) in [5, 5.41) is 13.0. The topological polar surface area (TPSA) is 33.1 Å². The lowest BCUT2D eigenvalue weighted by Crippen LogP contribution is -2.06. The summed E-state index contributed by atoms with van der Waals surface area (Å²) >= 11 is 0. The van der Waals surface area contributed by atoms with Crippen LogP contribution in [0, 0.1) is 20.8 Å². The van der Waals surface area contributed by atoms with Gasteiger partial charge in [-0.3, -0.25) is 4.98 Å². The first kappa shape index (κ1) is 13.8. The van der Waals surface area contributed by atoms with Gasteiger partial charge in [-0.25, -0.2) is 0 Å². The first-order valence-electron chi connectivity index (χ1n) is 7.16. The molecule has 2 heteroatoms. The number of benzene rings is 2. The van der Waals surface area contributed by atoms with Gasteiger partial charge in [0.15, 0.2) is 0 Å². The second-order valence-corrected chi connectivity index (χ2v) is 5.66. The minimum atomic E-state index is -0.649. The van der Waals surface area contributed by atoms with Crippen molar-refractivity contribution in [2.24, 2.45) is 0 Å². The predicted molar refractivity (Wildman–Crippen MR) is 86.5 cm³/mol. The van der Waals surface area contributed by atoms with Crippen molar-refractivity contribution in [3.63, 3.8) is 0 Å². The summed E-state index contributed by atoms with van der Waals surface area (Å²) in [6, 6.07) is 12.3. The van der Waals surface area contributed by atoms with Gasteiger partial charge in [-0.15, -0.1) is 0 Å². The average molecular weight is 277 g/mol. The largest absolute Gasteiger partial charge is 0.384 e. The van der Waals surface area contributed by atoms with Crippen molar-refractivity contribution in [2.75, 3.05) is 0 Å². The molecule has 1 aromatic heterocycles. The second-order valence-electron chi connectivity index (χ2n) is 5.66. The van der Waals surface area contributed by atoms with Gasteiger partial charge in [0.05, 0.1) is 0 Å². The van der Waals surface area contributed by atoms with E-state index in [1.165, 1.54) is 5.56 Å². The number of aryl methyl sites for hydroxylation is 3. The molecule has 1 unspecified atom stereocenters. The molecule has 3 aromatic rings. The molecular formula is C19H19NO. The minimum absolute atomic E-state index is 0.649. The summed E-state index contributed by atoms with van der Waals surface area (Å²) < 4.78 is 0. The zero-order valence-electron chi connectivity index (χ0n) is 12.6. The van der Waals surface area contributed by atoms with Gasteiger partial charge >= 0.3 is 0 Å². The Hall–Kier alpha value is -2.19. The smallest absolute Gasteiger partial charge is 0.107 e. The number of nitrogens with zero attached hydrogens (tertiary/aromatic N) is 1. The number of hydrogen-bond donors (Lipinski definition) is 1. The monoisotopic (exact) mass is 277 g/mol. The van der Waals surface area contributed by atoms with E-state index in [4.69, 9.17) is 0 Å². The molecule has 2 nitrogen and oxygen atoms in total. The maximum Gasteiger partial charge on any atom is 0.107 e. The van der Waals surface area contributed by atoms with E-state index in [0.29, 0.717) is 0 Å². The number of hydrogen-bond acceptors (Lipinski definition) is 2. The molecule has 0 aliphatic rings. The van der Waals surface area contributed by atoms with Crippen LogP contribution < -0.4 is 0 Å². The SMILES string of the molecule is Cc1cc(C)c(C(O)c2cncc3ccccc23)c(C)c1. The molecule has 1 atom stereocenters. The molecule has 0 aliphatic carbocycles. The van der Waals surface area contributed by atoms with Crippen molar-refractivity contribution in [1.29, 1.82) is 0 Å². The van der Waals surface area contributed by atoms with E-state index in [1.54, 1.807) is 6.20 Å². The predicted octanol–water partition coefficient (Wildman–Crippen LogP) is 4.24. The number of aromatic nitrogens is 1. The van der Waals surface area contributed by atoms with Crippen molar-refractivity contribution in [1.82, 2.24) is 4.98 Å². The number of aliphatic hydroxyl groups excluding tert-OH is 1. The Morgan fingerprint density at radius 3 is 2.33 bits per heavy atom. The van der Waals surface area contributed by atoms with Crippen LogP contribution in [-0.4, -0.2) is 10.1 Å². The molecule has 0 saturated carbocycles. The standard InChI is InChI=1S/C19H19NO/c1-12-8-13(2)18(14(3)9-12)19(21)17-11-20-10-15-6-4-5-7-16(15)17/h4-11,19,21H,1-3H3. The normalized spacial score (nSPS) is 12.6. The van der Waals surface area contributed by atoms with E-state index in [2.05, 4.69) is 37.9 Å². The zero-order valence-corrected chi connectivity index (χ0v) is 12.6. The van der Waals surface area contributed by atoms with E-state index >= 15 is 0 Å². The van der Waals surface area contributed by atoms with Crippen molar-refractivity contribution >= 4 is 10.8 Å². The third kappa shape index (κ3) is 2.43. The van der Waals surface area contributed by atoms with Crippen LogP contribution in [0.5, 0.6) is 0 Å². The number of pyridine rings is 1. The lowest BCUT2D eigenvalue weighted by Gasteiger charge is -2.19. The minimum Gasteiger partial charge on any atom is -0.384 e. The maximum absolute atomic E-state index is 10.9. The summed E-state index contributed by atoms with van der Waals surface area (Å²) in [5.74, 6) is 0. The quantitative estimate of drug-likeness (QED) is 0.760. The Morgan fingerprint density at radius 1 is 0.952 bits per heavy atom. The van der Waals surface area contributed by atoms with Gasteiger partial charge in [0.2, 0.25) is 0 Å². The van der Waals surface area contributed by atoms with Gasteiger partial charge in [0.1, 0.15) is 6.10 Å². The number of rotatable bonds is 2. The molecule has 21 heavy (non-hydrogen) atoms. The molecule has 1 heterocycles. The summed E-state index contributed by atoms with van der Waals surface area (Å²) in [6.07, 6.45) is 2.95. The molecule has 0 radical (unpaired) electrons. The molecule has 0 aliphatic heterocycles. The lowest BCUT2D eigenvalue weighted by molar-refractivity contribution is 0.220. The summed E-state index contributed by atoms with van der Waals surface area (Å²) in [7, 11) is 0. The molecule has 1 N–H and O–H groups in total. The highest BCUT2D eigenvalue weighted by atomic mass is 16.3. The van der Waals surface area contributed by atoms with Crippen LogP contribution in [0.25, 0.3) is 10.8 Å². The van der Waals surface area contributed by atoms with Crippen molar-refractivity contribution in [3.8, 4) is 0 Å². The first-order valence-corrected chi connectivity index (χ1v) is 7.16. The third-order valence-corrected chi connectivity index (χ3v) is 4.01. The van der Waals surface area contributed by atoms with Crippen molar-refractivity contribution in [3.05, 3.63) is 76.6 Å². The molecule has 0 saturated heterocycles. The van der Waals surface area contributed by atoms with Crippen LogP contribution in [-0.2, 0) is 0 Å². The van der Waals surface area contributed by atoms with Gasteiger partial charge in [0, 0.05) is 23.3 Å². The highest BCUT2D eigenvalue weighted by Crippen LogP contribution is 2.32. The van der Waals surface area contributed by atoms with Gasteiger partial charge < -0.3 is 5.11 Å². The van der Waals surface area contributed by atoms with Crippen molar-refractivity contribution < 1.29 is 5.11 Å². The number of aliphatic hydroxyl groups is 1. The van der Waals surface area contributed by atoms with E-state index in [1.807, 2.05) is 30.5 Å². The molecule has 0 amide bonds. The van der Waals surface area contributed by atoms with E-state index in [-0.39, 0.29) is 0 Å². The first-order chi connectivity index (χ1) is 10.1. The highest BCUT2D eigenvalue weighted by Gasteiger charge is 2.18. The molecule has 3 rings (SSSR count). The van der Waals surface area contributed by atoms with Gasteiger partial charge in [-0.05, 0) is 42.8 Å². The van der Waals surface area contributed by atoms with Crippen LogP contribution in [0.2, 0.25) is 0 Å². The van der Waals surface area contributed by atoms with E-state index < -0.39 is 6.10 Å². The molecular weight excluding hydrogens is 258 g/mol. The third-order valence-electron chi connectivity index (χ3n) is 4.01. The van der Waals surface area contributed by atoms with Crippen LogP contribution in [0.15, 0.2) is 48.8 Å². The van der Waals surface area contributed by atoms with Crippen LogP contribution in [0.1, 0.15) is 33.9 Å². The summed E-state index contributed by atoms with van der Waals surface area (Å²) in [5.41, 5.74) is 5.31. The zero-order chi connectivity index (χ0) is 15.0. The fraction of sp³-hybridized carbons (Fsp3) is 0.211. The Kier molecular flexibility index (Phi) is 3.48. The Balaban J connectivity index is 2.20. The van der Waals surface area contributed by atoms with E-state index in [0.717, 1.165) is 33.0 Å². The summed E-state index contributed by atoms with van der Waals surface area (Å²) in [6.45, 7) is 6.18. The van der Waals surface area contributed by atoms with Gasteiger partial charge in [0.25, 0.3) is 0 Å². The van der Waals surface area contributed by atoms with Crippen molar-refractivity contribution in [2.45, 2.75) is 26.9 Å². The lowest BCUT2D eigenvalue weighted by atomic mass is 9.91. The van der Waals surface area contributed by atoms with Crippen LogP contribution in [0.3, 0.4) is 0 Å². The average Bonchev–Trinajstić information content (AvgIpc) is 2.45. The fourth-order valence-electron chi connectivity index (χ4n) is 3.14. The van der Waals surface area contributed by atoms with Crippen LogP contribution in [0.4, 0.5) is 0 Å². The van der Waals surface area contributed by atoms with Gasteiger partial charge in [-0.1, -0.05) is 42.0 Å². The molecule has 2 aromatic carbocycles.